The maximum atomic E-state index is 12.5. The van der Waals surface area contributed by atoms with Gasteiger partial charge in [-0.05, 0) is 97.2 Å². The van der Waals surface area contributed by atoms with Crippen molar-refractivity contribution in [3.63, 3.8) is 0 Å². The lowest BCUT2D eigenvalue weighted by Crippen LogP contribution is -2.63. The zero-order valence-corrected chi connectivity index (χ0v) is 24.8. The fourth-order valence-electron chi connectivity index (χ4n) is 10.2. The standard InChI is InChI=1S/C31H52O7/c1-8-21-25-16-20(37-17-34-5)11-13-31(25,4)24-12-14-30(3)22(19(2)15-26(32)29(33)36-7)9-10-23(30)27(24)28(21)38-18-35-6/h19-25,27-28H,8-18H2,1-7H3/t19-,20-,21-,22-,23+,24+,25+,27+,28-,30-,31-/m1/s1. The van der Waals surface area contributed by atoms with Crippen LogP contribution in [0.3, 0.4) is 0 Å². The lowest BCUT2D eigenvalue weighted by molar-refractivity contribution is -0.239. The van der Waals surface area contributed by atoms with Crippen LogP contribution in [0.15, 0.2) is 0 Å². The van der Waals surface area contributed by atoms with Crippen molar-refractivity contribution in [2.24, 2.45) is 52.3 Å². The Balaban J connectivity index is 1.63. The van der Waals surface area contributed by atoms with Gasteiger partial charge in [0.1, 0.15) is 13.6 Å². The molecule has 0 aromatic heterocycles. The van der Waals surface area contributed by atoms with Gasteiger partial charge < -0.3 is 23.7 Å². The van der Waals surface area contributed by atoms with Gasteiger partial charge in [0.2, 0.25) is 5.78 Å². The molecule has 0 aliphatic heterocycles. The van der Waals surface area contributed by atoms with E-state index in [2.05, 4.69) is 27.7 Å². The Bertz CT molecular complexity index is 831. The molecule has 4 aliphatic carbocycles. The molecular weight excluding hydrogens is 484 g/mol. The summed E-state index contributed by atoms with van der Waals surface area (Å²) in [5, 5.41) is 0. The summed E-state index contributed by atoms with van der Waals surface area (Å²) in [6, 6.07) is 0. The smallest absolute Gasteiger partial charge is 0.374 e. The Morgan fingerprint density at radius 1 is 0.868 bits per heavy atom. The van der Waals surface area contributed by atoms with Gasteiger partial charge in [0, 0.05) is 20.6 Å². The van der Waals surface area contributed by atoms with Gasteiger partial charge in [-0.25, -0.2) is 4.79 Å². The zero-order valence-electron chi connectivity index (χ0n) is 24.8. The number of fused-ring (bicyclic) bond motifs is 5. The number of Topliss-reactive ketones (excluding diaryl/α,β-unsaturated/α-hetero) is 1. The van der Waals surface area contributed by atoms with Gasteiger partial charge in [-0.3, -0.25) is 4.79 Å². The molecule has 0 saturated heterocycles. The van der Waals surface area contributed by atoms with E-state index in [1.165, 1.54) is 32.8 Å². The number of ketones is 1. The van der Waals surface area contributed by atoms with E-state index in [1.807, 2.05) is 0 Å². The lowest BCUT2D eigenvalue weighted by atomic mass is 9.41. The van der Waals surface area contributed by atoms with Crippen LogP contribution in [-0.4, -0.2) is 58.9 Å². The molecule has 4 saturated carbocycles. The second kappa shape index (κ2) is 12.2. The highest BCUT2D eigenvalue weighted by molar-refractivity contribution is 6.33. The molecule has 0 spiro atoms. The quantitative estimate of drug-likeness (QED) is 0.192. The molecule has 7 heteroatoms. The van der Waals surface area contributed by atoms with Crippen LogP contribution in [0.2, 0.25) is 0 Å². The van der Waals surface area contributed by atoms with E-state index in [9.17, 15) is 9.59 Å². The molecule has 38 heavy (non-hydrogen) atoms. The molecule has 0 heterocycles. The summed E-state index contributed by atoms with van der Waals surface area (Å²) in [7, 11) is 4.70. The largest absolute Gasteiger partial charge is 0.463 e. The number of methoxy groups -OCH3 is 3. The Kier molecular flexibility index (Phi) is 9.65. The van der Waals surface area contributed by atoms with Crippen LogP contribution < -0.4 is 0 Å². The first-order valence-corrected chi connectivity index (χ1v) is 15.0. The Labute approximate surface area is 230 Å². The first-order chi connectivity index (χ1) is 18.2. The van der Waals surface area contributed by atoms with E-state index in [-0.39, 0.29) is 35.4 Å². The maximum absolute atomic E-state index is 12.5. The van der Waals surface area contributed by atoms with Gasteiger partial charge in [0.15, 0.2) is 0 Å². The van der Waals surface area contributed by atoms with Gasteiger partial charge >= 0.3 is 5.97 Å². The maximum Gasteiger partial charge on any atom is 0.374 e. The molecule has 0 unspecified atom stereocenters. The van der Waals surface area contributed by atoms with Crippen LogP contribution in [-0.2, 0) is 33.3 Å². The van der Waals surface area contributed by atoms with E-state index in [4.69, 9.17) is 23.7 Å². The highest BCUT2D eigenvalue weighted by atomic mass is 16.7. The fourth-order valence-corrected chi connectivity index (χ4v) is 10.2. The number of carbonyl (C=O) groups is 2. The van der Waals surface area contributed by atoms with Gasteiger partial charge in [-0.1, -0.05) is 34.1 Å². The third-order valence-corrected chi connectivity index (χ3v) is 11.8. The zero-order chi connectivity index (χ0) is 27.7. The summed E-state index contributed by atoms with van der Waals surface area (Å²) < 4.78 is 28.2. The van der Waals surface area contributed by atoms with Gasteiger partial charge in [0.25, 0.3) is 0 Å². The topological polar surface area (TPSA) is 80.3 Å². The highest BCUT2D eigenvalue weighted by Crippen LogP contribution is 2.70. The van der Waals surface area contributed by atoms with E-state index >= 15 is 0 Å². The minimum Gasteiger partial charge on any atom is -0.463 e. The van der Waals surface area contributed by atoms with Crippen LogP contribution >= 0.6 is 0 Å². The van der Waals surface area contributed by atoms with Crippen molar-refractivity contribution in [1.29, 1.82) is 0 Å². The average Bonchev–Trinajstić information content (AvgIpc) is 3.27. The highest BCUT2D eigenvalue weighted by Gasteiger charge is 2.65. The molecule has 0 amide bonds. The van der Waals surface area contributed by atoms with E-state index in [0.717, 1.165) is 25.7 Å². The Morgan fingerprint density at radius 3 is 2.18 bits per heavy atom. The van der Waals surface area contributed by atoms with Crippen LogP contribution in [0.4, 0.5) is 0 Å². The second-order valence-electron chi connectivity index (χ2n) is 13.3. The van der Waals surface area contributed by atoms with Crippen molar-refractivity contribution >= 4 is 11.8 Å². The molecule has 11 atom stereocenters. The Morgan fingerprint density at radius 2 is 1.53 bits per heavy atom. The second-order valence-corrected chi connectivity index (χ2v) is 13.3. The third-order valence-electron chi connectivity index (χ3n) is 11.8. The van der Waals surface area contributed by atoms with Crippen LogP contribution in [0.1, 0.15) is 85.5 Å². The van der Waals surface area contributed by atoms with E-state index < -0.39 is 11.8 Å². The predicted octanol–water partition coefficient (Wildman–Crippen LogP) is 5.64. The number of hydrogen-bond donors (Lipinski definition) is 0. The normalized spacial score (nSPS) is 43.0. The lowest BCUT2D eigenvalue weighted by Gasteiger charge is -2.65. The van der Waals surface area contributed by atoms with Gasteiger partial charge in [-0.2, -0.15) is 0 Å². The monoisotopic (exact) mass is 536 g/mol. The first kappa shape index (κ1) is 30.0. The minimum atomic E-state index is -0.713. The number of hydrogen-bond acceptors (Lipinski definition) is 7. The third kappa shape index (κ3) is 5.22. The number of rotatable bonds is 11. The number of carbonyl (C=O) groups excluding carboxylic acids is 2. The van der Waals surface area contributed by atoms with Gasteiger partial charge in [0.05, 0.1) is 19.3 Å². The average molecular weight is 537 g/mol. The number of ether oxygens (including phenoxy) is 5. The summed E-state index contributed by atoms with van der Waals surface area (Å²) in [6.07, 6.45) is 9.80. The van der Waals surface area contributed by atoms with Crippen molar-refractivity contribution in [1.82, 2.24) is 0 Å². The molecule has 4 fully saturated rings. The van der Waals surface area contributed by atoms with E-state index in [1.54, 1.807) is 14.2 Å². The molecule has 218 valence electrons. The minimum absolute atomic E-state index is 0.145. The van der Waals surface area contributed by atoms with Crippen LogP contribution in [0, 0.1) is 52.3 Å². The van der Waals surface area contributed by atoms with Crippen LogP contribution in [0.5, 0.6) is 0 Å². The molecule has 0 aromatic rings. The van der Waals surface area contributed by atoms with Crippen molar-refractivity contribution in [2.75, 3.05) is 34.9 Å². The Hall–Kier alpha value is -1.02. The van der Waals surface area contributed by atoms with E-state index in [0.29, 0.717) is 49.1 Å². The molecule has 7 nitrogen and oxygen atoms in total. The van der Waals surface area contributed by atoms with Crippen LogP contribution in [0.25, 0.3) is 0 Å². The summed E-state index contributed by atoms with van der Waals surface area (Å²) in [5.41, 5.74) is 0.420. The molecule has 4 aliphatic rings. The summed E-state index contributed by atoms with van der Waals surface area (Å²) in [4.78, 5) is 24.3. The first-order valence-electron chi connectivity index (χ1n) is 15.0. The molecule has 4 rings (SSSR count). The van der Waals surface area contributed by atoms with Crippen molar-refractivity contribution in [2.45, 2.75) is 97.7 Å². The van der Waals surface area contributed by atoms with Crippen molar-refractivity contribution in [3.05, 3.63) is 0 Å². The van der Waals surface area contributed by atoms with Crippen molar-refractivity contribution in [3.8, 4) is 0 Å². The molecule has 0 N–H and O–H groups in total. The predicted molar refractivity (Wildman–Crippen MR) is 144 cm³/mol. The summed E-state index contributed by atoms with van der Waals surface area (Å²) >= 11 is 0. The fraction of sp³-hybridized carbons (Fsp3) is 0.935. The SMILES string of the molecule is CC[C@H]1[C@@H](OCOC)[C@@H]2[C@H](CC[C@]3(C)[C@@H]([C@H](C)CC(=O)C(=O)OC)CC[C@@H]23)[C@@]2(C)CC[C@@H](OCOC)C[C@@H]12. The molecule has 0 bridgehead atoms. The van der Waals surface area contributed by atoms with Crippen molar-refractivity contribution < 1.29 is 33.3 Å². The summed E-state index contributed by atoms with van der Waals surface area (Å²) in [6.45, 7) is 10.2. The molecule has 0 aromatic carbocycles. The van der Waals surface area contributed by atoms with Gasteiger partial charge in [-0.15, -0.1) is 0 Å². The molecular formula is C31H52O7. The summed E-state index contributed by atoms with van der Waals surface area (Å²) in [5.74, 6) is 2.16. The number of esters is 1. The molecule has 0 radical (unpaired) electrons.